The Kier molecular flexibility index (Phi) is 7.03. The molecular formula is C26H24F3N3O6S. The molecule has 2 atom stereocenters. The third kappa shape index (κ3) is 5.73. The molecule has 1 amide bonds. The first-order valence-corrected chi connectivity index (χ1v) is 13.4. The van der Waals surface area contributed by atoms with Crippen LogP contribution in [0.4, 0.5) is 29.3 Å². The van der Waals surface area contributed by atoms with Gasteiger partial charge in [0.25, 0.3) is 0 Å². The SMILES string of the molecule is COC(=O)N1C[C@H](NS(=O)(=O)c2ccc(OC(F)(F)F)cc2)C[C@H](N2c3ccccc3Oc3ccccc32)C1. The number of ether oxygens (including phenoxy) is 3. The van der Waals surface area contributed by atoms with E-state index in [2.05, 4.69) is 9.46 Å². The van der Waals surface area contributed by atoms with E-state index < -0.39 is 34.3 Å². The Bertz CT molecular complexity index is 1420. The number of carbonyl (C=O) groups is 1. The molecule has 39 heavy (non-hydrogen) atoms. The number of sulfonamides is 1. The van der Waals surface area contributed by atoms with E-state index in [-0.39, 0.29) is 24.0 Å². The highest BCUT2D eigenvalue weighted by Gasteiger charge is 2.39. The quantitative estimate of drug-likeness (QED) is 0.466. The van der Waals surface area contributed by atoms with Gasteiger partial charge in [-0.25, -0.2) is 17.9 Å². The fourth-order valence-corrected chi connectivity index (χ4v) is 6.10. The Hall–Kier alpha value is -3.97. The number of anilines is 2. The van der Waals surface area contributed by atoms with Gasteiger partial charge in [-0.05, 0) is 55.0 Å². The number of fused-ring (bicyclic) bond motifs is 2. The lowest BCUT2D eigenvalue weighted by Gasteiger charge is -2.45. The minimum atomic E-state index is -4.90. The Morgan fingerprint density at radius 1 is 0.949 bits per heavy atom. The second-order valence-corrected chi connectivity index (χ2v) is 10.7. The number of rotatable bonds is 5. The van der Waals surface area contributed by atoms with E-state index in [4.69, 9.17) is 9.47 Å². The highest BCUT2D eigenvalue weighted by atomic mass is 32.2. The van der Waals surface area contributed by atoms with Crippen LogP contribution in [0, 0.1) is 0 Å². The van der Waals surface area contributed by atoms with Crippen LogP contribution in [0.25, 0.3) is 0 Å². The molecule has 5 rings (SSSR count). The normalized spacial score (nSPS) is 19.0. The standard InChI is InChI=1S/C26H24F3N3O6S/c1-36-25(33)31-15-17(30-39(34,35)20-12-10-19(11-13-20)38-26(27,28)29)14-18(16-31)32-21-6-2-4-8-23(21)37-24-9-5-3-7-22(24)32/h2-13,17-18,30H,14-16H2,1H3/t17-,18+/m1/s1. The number of benzene rings is 3. The zero-order valence-electron chi connectivity index (χ0n) is 20.6. The Balaban J connectivity index is 1.44. The molecule has 1 fully saturated rings. The van der Waals surface area contributed by atoms with E-state index in [1.165, 1.54) is 12.0 Å². The first-order chi connectivity index (χ1) is 18.5. The zero-order valence-corrected chi connectivity index (χ0v) is 21.4. The molecule has 206 valence electrons. The summed E-state index contributed by atoms with van der Waals surface area (Å²) in [6.07, 6.45) is -5.21. The van der Waals surface area contributed by atoms with Crippen molar-refractivity contribution in [2.75, 3.05) is 25.1 Å². The molecular weight excluding hydrogens is 539 g/mol. The van der Waals surface area contributed by atoms with Gasteiger partial charge in [-0.15, -0.1) is 13.2 Å². The zero-order chi connectivity index (χ0) is 27.8. The van der Waals surface area contributed by atoms with Crippen molar-refractivity contribution in [3.8, 4) is 17.2 Å². The molecule has 0 aliphatic carbocycles. The maximum absolute atomic E-state index is 13.2. The minimum absolute atomic E-state index is 0.0330. The van der Waals surface area contributed by atoms with Crippen molar-refractivity contribution in [2.45, 2.75) is 29.8 Å². The van der Waals surface area contributed by atoms with Crippen LogP contribution in [0.1, 0.15) is 6.42 Å². The van der Waals surface area contributed by atoms with Crippen molar-refractivity contribution in [1.29, 1.82) is 0 Å². The topological polar surface area (TPSA) is 97.4 Å². The average Bonchev–Trinajstić information content (AvgIpc) is 2.90. The van der Waals surface area contributed by atoms with Crippen molar-refractivity contribution in [2.24, 2.45) is 0 Å². The molecule has 2 heterocycles. The van der Waals surface area contributed by atoms with E-state index in [1.807, 2.05) is 53.4 Å². The summed E-state index contributed by atoms with van der Waals surface area (Å²) in [4.78, 5) is 15.8. The molecule has 9 nitrogen and oxygen atoms in total. The van der Waals surface area contributed by atoms with Crippen LogP contribution in [0.3, 0.4) is 0 Å². The number of likely N-dealkylation sites (tertiary alicyclic amines) is 1. The first-order valence-electron chi connectivity index (χ1n) is 11.9. The smallest absolute Gasteiger partial charge is 0.453 e. The molecule has 1 saturated heterocycles. The molecule has 0 unspecified atom stereocenters. The molecule has 1 N–H and O–H groups in total. The number of methoxy groups -OCH3 is 1. The summed E-state index contributed by atoms with van der Waals surface area (Å²) >= 11 is 0. The number of amides is 1. The number of piperidine rings is 1. The number of hydrogen-bond donors (Lipinski definition) is 1. The van der Waals surface area contributed by atoms with Gasteiger partial charge in [0.1, 0.15) is 5.75 Å². The van der Waals surface area contributed by atoms with Crippen molar-refractivity contribution >= 4 is 27.5 Å². The first kappa shape index (κ1) is 26.6. The van der Waals surface area contributed by atoms with Crippen LogP contribution < -0.4 is 19.1 Å². The van der Waals surface area contributed by atoms with Crippen LogP contribution in [-0.2, 0) is 14.8 Å². The van der Waals surface area contributed by atoms with Crippen LogP contribution >= 0.6 is 0 Å². The number of para-hydroxylation sites is 4. The summed E-state index contributed by atoms with van der Waals surface area (Å²) in [5, 5.41) is 0. The predicted molar refractivity (Wildman–Crippen MR) is 135 cm³/mol. The molecule has 0 bridgehead atoms. The van der Waals surface area contributed by atoms with Gasteiger partial charge in [0.15, 0.2) is 11.5 Å². The van der Waals surface area contributed by atoms with E-state index >= 15 is 0 Å². The van der Waals surface area contributed by atoms with E-state index in [9.17, 15) is 26.4 Å². The van der Waals surface area contributed by atoms with Crippen LogP contribution in [0.2, 0.25) is 0 Å². The summed E-state index contributed by atoms with van der Waals surface area (Å²) < 4.78 is 81.2. The molecule has 2 aliphatic rings. The van der Waals surface area contributed by atoms with Gasteiger partial charge in [0.05, 0.1) is 29.4 Å². The van der Waals surface area contributed by atoms with Gasteiger partial charge < -0.3 is 24.0 Å². The van der Waals surface area contributed by atoms with Gasteiger partial charge in [0.2, 0.25) is 10.0 Å². The maximum atomic E-state index is 13.2. The summed E-state index contributed by atoms with van der Waals surface area (Å²) in [7, 11) is -2.92. The van der Waals surface area contributed by atoms with Crippen molar-refractivity contribution in [1.82, 2.24) is 9.62 Å². The molecule has 3 aromatic rings. The third-order valence-corrected chi connectivity index (χ3v) is 7.92. The molecule has 3 aromatic carbocycles. The Morgan fingerprint density at radius 2 is 1.54 bits per heavy atom. The lowest BCUT2D eigenvalue weighted by molar-refractivity contribution is -0.274. The summed E-state index contributed by atoms with van der Waals surface area (Å²) in [6, 6.07) is 17.6. The Morgan fingerprint density at radius 3 is 2.10 bits per heavy atom. The number of nitrogens with zero attached hydrogens (tertiary/aromatic N) is 2. The number of nitrogens with one attached hydrogen (secondary N) is 1. The van der Waals surface area contributed by atoms with Crippen molar-refractivity contribution in [3.05, 3.63) is 72.8 Å². The fraction of sp³-hybridized carbons (Fsp3) is 0.269. The average molecular weight is 564 g/mol. The highest BCUT2D eigenvalue weighted by molar-refractivity contribution is 7.89. The molecule has 0 radical (unpaired) electrons. The summed E-state index contributed by atoms with van der Waals surface area (Å²) in [6.45, 7) is 0.280. The Labute approximate surface area is 222 Å². The maximum Gasteiger partial charge on any atom is 0.573 e. The molecule has 0 aromatic heterocycles. The van der Waals surface area contributed by atoms with Gasteiger partial charge in [-0.2, -0.15) is 0 Å². The molecule has 0 saturated carbocycles. The lowest BCUT2D eigenvalue weighted by atomic mass is 9.98. The van der Waals surface area contributed by atoms with Gasteiger partial charge in [0, 0.05) is 19.1 Å². The third-order valence-electron chi connectivity index (χ3n) is 6.39. The van der Waals surface area contributed by atoms with E-state index in [1.54, 1.807) is 0 Å². The van der Waals surface area contributed by atoms with E-state index in [0.29, 0.717) is 17.9 Å². The van der Waals surface area contributed by atoms with Crippen LogP contribution in [0.15, 0.2) is 77.7 Å². The number of hydrogen-bond acceptors (Lipinski definition) is 7. The number of alkyl halides is 3. The van der Waals surface area contributed by atoms with Gasteiger partial charge >= 0.3 is 12.5 Å². The van der Waals surface area contributed by atoms with Crippen LogP contribution in [-0.4, -0.2) is 58.1 Å². The lowest BCUT2D eigenvalue weighted by Crippen LogP contribution is -2.58. The van der Waals surface area contributed by atoms with Crippen molar-refractivity contribution in [3.63, 3.8) is 0 Å². The second-order valence-electron chi connectivity index (χ2n) is 9.01. The molecule has 13 heteroatoms. The highest BCUT2D eigenvalue weighted by Crippen LogP contribution is 2.48. The monoisotopic (exact) mass is 563 g/mol. The number of halogens is 3. The van der Waals surface area contributed by atoms with E-state index in [0.717, 1.165) is 35.6 Å². The van der Waals surface area contributed by atoms with Gasteiger partial charge in [-0.1, -0.05) is 24.3 Å². The number of carbonyl (C=O) groups excluding carboxylic acids is 1. The largest absolute Gasteiger partial charge is 0.573 e. The van der Waals surface area contributed by atoms with Crippen molar-refractivity contribution < 1.29 is 40.6 Å². The fourth-order valence-electron chi connectivity index (χ4n) is 4.86. The van der Waals surface area contributed by atoms with Crippen LogP contribution in [0.5, 0.6) is 17.2 Å². The second kappa shape index (κ2) is 10.3. The molecule has 2 aliphatic heterocycles. The predicted octanol–water partition coefficient (Wildman–Crippen LogP) is 5.02. The minimum Gasteiger partial charge on any atom is -0.453 e. The molecule has 0 spiro atoms. The van der Waals surface area contributed by atoms with Gasteiger partial charge in [-0.3, -0.25) is 0 Å². The summed E-state index contributed by atoms with van der Waals surface area (Å²) in [5.41, 5.74) is 1.52. The summed E-state index contributed by atoms with van der Waals surface area (Å²) in [5.74, 6) is 0.690.